The Bertz CT molecular complexity index is 657. The quantitative estimate of drug-likeness (QED) is 0.833. The Morgan fingerprint density at radius 1 is 1.22 bits per heavy atom. The van der Waals surface area contributed by atoms with Gasteiger partial charge in [-0.15, -0.1) is 0 Å². The first-order valence-corrected chi connectivity index (χ1v) is 8.33. The fourth-order valence-electron chi connectivity index (χ4n) is 3.04. The van der Waals surface area contributed by atoms with Crippen LogP contribution in [0, 0.1) is 11.8 Å². The molecule has 0 bridgehead atoms. The van der Waals surface area contributed by atoms with E-state index in [1.807, 2.05) is 24.3 Å². The van der Waals surface area contributed by atoms with Crippen LogP contribution in [0.3, 0.4) is 0 Å². The lowest BCUT2D eigenvalue weighted by Crippen LogP contribution is -2.48. The minimum atomic E-state index is -0.813. The van der Waals surface area contributed by atoms with Crippen molar-refractivity contribution in [2.45, 2.75) is 25.3 Å². The summed E-state index contributed by atoms with van der Waals surface area (Å²) in [7, 11) is 0. The summed E-state index contributed by atoms with van der Waals surface area (Å²) in [5, 5.41) is 11.7. The van der Waals surface area contributed by atoms with Crippen LogP contribution >= 0.6 is 15.9 Å². The molecule has 2 aliphatic rings. The van der Waals surface area contributed by atoms with Crippen molar-refractivity contribution in [3.63, 3.8) is 0 Å². The SMILES string of the molecule is O=C(O)C1CC(NC(=O)C2CC(=O)N(c3ccccc3Br)C2)C1. The Morgan fingerprint density at radius 2 is 1.91 bits per heavy atom. The third-order valence-electron chi connectivity index (χ3n) is 4.47. The Morgan fingerprint density at radius 3 is 2.57 bits per heavy atom. The highest BCUT2D eigenvalue weighted by atomic mass is 79.9. The van der Waals surface area contributed by atoms with Crippen LogP contribution in [0.4, 0.5) is 5.69 Å². The summed E-state index contributed by atoms with van der Waals surface area (Å²) in [5.41, 5.74) is 0.766. The molecule has 7 heteroatoms. The van der Waals surface area contributed by atoms with Gasteiger partial charge in [0.05, 0.1) is 17.5 Å². The molecule has 2 fully saturated rings. The zero-order chi connectivity index (χ0) is 16.6. The molecule has 2 N–H and O–H groups in total. The Kier molecular flexibility index (Phi) is 4.39. The first-order chi connectivity index (χ1) is 11.0. The van der Waals surface area contributed by atoms with Gasteiger partial charge in [0.1, 0.15) is 0 Å². The van der Waals surface area contributed by atoms with Gasteiger partial charge >= 0.3 is 5.97 Å². The van der Waals surface area contributed by atoms with Crippen molar-refractivity contribution >= 4 is 39.4 Å². The summed E-state index contributed by atoms with van der Waals surface area (Å²) < 4.78 is 0.817. The standard InChI is InChI=1S/C16H17BrN2O4/c17-12-3-1-2-4-13(12)19-8-10(7-14(19)20)15(21)18-11-5-9(6-11)16(22)23/h1-4,9-11H,5-8H2,(H,18,21)(H,22,23). The Hall–Kier alpha value is -1.89. The van der Waals surface area contributed by atoms with Gasteiger partial charge in [-0.1, -0.05) is 12.1 Å². The summed E-state index contributed by atoms with van der Waals surface area (Å²) in [6.45, 7) is 0.350. The highest BCUT2D eigenvalue weighted by Crippen LogP contribution is 2.32. The van der Waals surface area contributed by atoms with Crippen LogP contribution in [0.1, 0.15) is 19.3 Å². The number of nitrogens with one attached hydrogen (secondary N) is 1. The molecule has 1 aliphatic carbocycles. The second kappa shape index (κ2) is 6.31. The molecule has 1 atom stereocenters. The minimum Gasteiger partial charge on any atom is -0.481 e. The van der Waals surface area contributed by atoms with Gasteiger partial charge in [-0.2, -0.15) is 0 Å². The number of anilines is 1. The van der Waals surface area contributed by atoms with Gasteiger partial charge < -0.3 is 15.3 Å². The zero-order valence-corrected chi connectivity index (χ0v) is 14.0. The average Bonchev–Trinajstić information content (AvgIpc) is 2.84. The summed E-state index contributed by atoms with van der Waals surface area (Å²) in [4.78, 5) is 36.9. The molecule has 6 nitrogen and oxygen atoms in total. The minimum absolute atomic E-state index is 0.0749. The molecular weight excluding hydrogens is 364 g/mol. The van der Waals surface area contributed by atoms with Crippen molar-refractivity contribution in [1.29, 1.82) is 0 Å². The van der Waals surface area contributed by atoms with Gasteiger partial charge in [-0.05, 0) is 40.9 Å². The smallest absolute Gasteiger partial charge is 0.306 e. The second-order valence-corrected chi connectivity index (χ2v) is 6.92. The number of hydrogen-bond donors (Lipinski definition) is 2. The van der Waals surface area contributed by atoms with E-state index >= 15 is 0 Å². The van der Waals surface area contributed by atoms with Gasteiger partial charge in [-0.25, -0.2) is 0 Å². The summed E-state index contributed by atoms with van der Waals surface area (Å²) in [6, 6.07) is 7.33. The van der Waals surface area contributed by atoms with Crippen molar-refractivity contribution in [2.24, 2.45) is 11.8 Å². The van der Waals surface area contributed by atoms with Gasteiger partial charge in [0, 0.05) is 23.5 Å². The molecule has 1 heterocycles. The normalized spacial score (nSPS) is 26.7. The third-order valence-corrected chi connectivity index (χ3v) is 5.14. The molecule has 1 aliphatic heterocycles. The van der Waals surface area contributed by atoms with Crippen molar-refractivity contribution in [2.75, 3.05) is 11.4 Å². The highest BCUT2D eigenvalue weighted by Gasteiger charge is 2.39. The van der Waals surface area contributed by atoms with E-state index in [9.17, 15) is 14.4 Å². The van der Waals surface area contributed by atoms with Gasteiger partial charge in [0.2, 0.25) is 11.8 Å². The van der Waals surface area contributed by atoms with E-state index in [0.29, 0.717) is 19.4 Å². The number of halogens is 1. The van der Waals surface area contributed by atoms with E-state index < -0.39 is 11.9 Å². The van der Waals surface area contributed by atoms with E-state index in [2.05, 4.69) is 21.2 Å². The van der Waals surface area contributed by atoms with Gasteiger partial charge in [0.15, 0.2) is 0 Å². The molecule has 0 aromatic heterocycles. The first kappa shape index (κ1) is 16.0. The molecule has 0 spiro atoms. The van der Waals surface area contributed by atoms with Crippen molar-refractivity contribution < 1.29 is 19.5 Å². The number of aliphatic carboxylic acids is 1. The third kappa shape index (κ3) is 3.24. The molecule has 1 unspecified atom stereocenters. The van der Waals surface area contributed by atoms with Crippen LogP contribution in [0.25, 0.3) is 0 Å². The maximum Gasteiger partial charge on any atom is 0.306 e. The predicted octanol–water partition coefficient (Wildman–Crippen LogP) is 1.78. The Balaban J connectivity index is 1.58. The molecule has 1 aromatic rings. The zero-order valence-electron chi connectivity index (χ0n) is 12.4. The van der Waals surface area contributed by atoms with Crippen molar-refractivity contribution in [3.8, 4) is 0 Å². The lowest BCUT2D eigenvalue weighted by molar-refractivity contribution is -0.146. The number of carbonyl (C=O) groups is 3. The van der Waals surface area contributed by atoms with E-state index in [1.54, 1.807) is 4.90 Å². The Labute approximate surface area is 142 Å². The maximum atomic E-state index is 12.3. The number of carboxylic acids is 1. The van der Waals surface area contributed by atoms with E-state index in [4.69, 9.17) is 5.11 Å². The number of hydrogen-bond acceptors (Lipinski definition) is 3. The number of nitrogens with zero attached hydrogens (tertiary/aromatic N) is 1. The highest BCUT2D eigenvalue weighted by molar-refractivity contribution is 9.10. The van der Waals surface area contributed by atoms with Crippen LogP contribution in [-0.4, -0.2) is 35.5 Å². The lowest BCUT2D eigenvalue weighted by atomic mass is 9.80. The molecule has 23 heavy (non-hydrogen) atoms. The number of rotatable bonds is 4. The van der Waals surface area contributed by atoms with Crippen LogP contribution in [0.5, 0.6) is 0 Å². The number of amides is 2. The molecular formula is C16H17BrN2O4. The van der Waals surface area contributed by atoms with Crippen LogP contribution in [0.15, 0.2) is 28.7 Å². The van der Waals surface area contributed by atoms with E-state index in [0.717, 1.165) is 10.2 Å². The maximum absolute atomic E-state index is 12.3. The number of benzene rings is 1. The summed E-state index contributed by atoms with van der Waals surface area (Å²) >= 11 is 3.42. The van der Waals surface area contributed by atoms with Crippen molar-refractivity contribution in [1.82, 2.24) is 5.32 Å². The monoisotopic (exact) mass is 380 g/mol. The summed E-state index contributed by atoms with van der Waals surface area (Å²) in [5.74, 6) is -1.80. The fourth-order valence-corrected chi connectivity index (χ4v) is 3.54. The number of carboxylic acid groups (broad SMARTS) is 1. The van der Waals surface area contributed by atoms with E-state index in [1.165, 1.54) is 0 Å². The molecule has 0 radical (unpaired) electrons. The van der Waals surface area contributed by atoms with E-state index in [-0.39, 0.29) is 30.2 Å². The number of carbonyl (C=O) groups excluding carboxylic acids is 2. The molecule has 122 valence electrons. The van der Waals surface area contributed by atoms with Crippen molar-refractivity contribution in [3.05, 3.63) is 28.7 Å². The fraction of sp³-hybridized carbons (Fsp3) is 0.438. The second-order valence-electron chi connectivity index (χ2n) is 6.07. The molecule has 3 rings (SSSR count). The molecule has 1 saturated carbocycles. The van der Waals surface area contributed by atoms with Crippen LogP contribution < -0.4 is 10.2 Å². The molecule has 2 amide bonds. The molecule has 1 aromatic carbocycles. The topological polar surface area (TPSA) is 86.7 Å². The van der Waals surface area contributed by atoms with Crippen LogP contribution in [-0.2, 0) is 14.4 Å². The predicted molar refractivity (Wildman–Crippen MR) is 86.9 cm³/mol. The average molecular weight is 381 g/mol. The largest absolute Gasteiger partial charge is 0.481 e. The first-order valence-electron chi connectivity index (χ1n) is 7.53. The van der Waals surface area contributed by atoms with Crippen LogP contribution in [0.2, 0.25) is 0 Å². The molecule has 1 saturated heterocycles. The lowest BCUT2D eigenvalue weighted by Gasteiger charge is -2.33. The summed E-state index contributed by atoms with van der Waals surface area (Å²) in [6.07, 6.45) is 1.12. The van der Waals surface area contributed by atoms with Gasteiger partial charge in [0.25, 0.3) is 0 Å². The van der Waals surface area contributed by atoms with Gasteiger partial charge in [-0.3, -0.25) is 14.4 Å². The number of para-hydroxylation sites is 1.